The molecule has 1 amide bonds. The van der Waals surface area contributed by atoms with Gasteiger partial charge in [-0.15, -0.1) is 0 Å². The lowest BCUT2D eigenvalue weighted by Crippen LogP contribution is -2.40. The van der Waals surface area contributed by atoms with E-state index in [4.69, 9.17) is 4.74 Å². The maximum Gasteiger partial charge on any atom is 0.243 e. The van der Waals surface area contributed by atoms with E-state index in [1.165, 1.54) is 9.87 Å². The van der Waals surface area contributed by atoms with Crippen LogP contribution in [0.15, 0.2) is 47.4 Å². The topological polar surface area (TPSA) is 75.7 Å². The Morgan fingerprint density at radius 3 is 2.38 bits per heavy atom. The Kier molecular flexibility index (Phi) is 7.05. The zero-order valence-corrected chi connectivity index (χ0v) is 17.8. The molecule has 0 radical (unpaired) electrons. The molecular weight excluding hydrogens is 388 g/mol. The van der Waals surface area contributed by atoms with Gasteiger partial charge in [-0.25, -0.2) is 8.42 Å². The first-order valence-electron chi connectivity index (χ1n) is 9.96. The van der Waals surface area contributed by atoms with Gasteiger partial charge in [0.05, 0.1) is 18.1 Å². The molecule has 156 valence electrons. The lowest BCUT2D eigenvalue weighted by atomic mass is 10.1. The highest BCUT2D eigenvalue weighted by molar-refractivity contribution is 7.89. The van der Waals surface area contributed by atoms with Gasteiger partial charge in [0.25, 0.3) is 0 Å². The van der Waals surface area contributed by atoms with Gasteiger partial charge in [0, 0.05) is 25.2 Å². The van der Waals surface area contributed by atoms with E-state index in [1.54, 1.807) is 25.1 Å². The van der Waals surface area contributed by atoms with Crippen LogP contribution in [0.1, 0.15) is 30.0 Å². The largest absolute Gasteiger partial charge is 0.379 e. The number of nitrogens with one attached hydrogen (secondary N) is 1. The third-order valence-corrected chi connectivity index (χ3v) is 7.17. The Morgan fingerprint density at radius 1 is 1.07 bits per heavy atom. The van der Waals surface area contributed by atoms with E-state index in [0.29, 0.717) is 50.4 Å². The Balaban J connectivity index is 1.66. The molecule has 2 aromatic rings. The van der Waals surface area contributed by atoms with Gasteiger partial charge in [-0.05, 0) is 48.6 Å². The van der Waals surface area contributed by atoms with Crippen LogP contribution in [0.5, 0.6) is 0 Å². The zero-order valence-electron chi connectivity index (χ0n) is 17.0. The summed E-state index contributed by atoms with van der Waals surface area (Å²) < 4.78 is 32.6. The van der Waals surface area contributed by atoms with Crippen molar-refractivity contribution in [2.45, 2.75) is 38.0 Å². The molecule has 1 saturated heterocycles. The third-order valence-electron chi connectivity index (χ3n) is 5.13. The van der Waals surface area contributed by atoms with Gasteiger partial charge >= 0.3 is 0 Å². The van der Waals surface area contributed by atoms with Crippen molar-refractivity contribution in [1.29, 1.82) is 0 Å². The van der Waals surface area contributed by atoms with Crippen molar-refractivity contribution in [1.82, 2.24) is 4.31 Å². The van der Waals surface area contributed by atoms with Crippen molar-refractivity contribution in [2.24, 2.45) is 0 Å². The molecule has 0 atom stereocenters. The zero-order chi connectivity index (χ0) is 20.9. The van der Waals surface area contributed by atoms with E-state index in [2.05, 4.69) is 24.4 Å². The number of benzene rings is 2. The molecule has 1 aliphatic rings. The molecule has 0 bridgehead atoms. The predicted octanol–water partition coefficient (Wildman–Crippen LogP) is 3.15. The van der Waals surface area contributed by atoms with E-state index < -0.39 is 10.0 Å². The van der Waals surface area contributed by atoms with E-state index in [1.807, 2.05) is 12.1 Å². The highest BCUT2D eigenvalue weighted by Crippen LogP contribution is 2.24. The van der Waals surface area contributed by atoms with E-state index in [9.17, 15) is 13.2 Å². The van der Waals surface area contributed by atoms with Crippen LogP contribution >= 0.6 is 0 Å². The highest BCUT2D eigenvalue weighted by Gasteiger charge is 2.28. The second kappa shape index (κ2) is 9.52. The number of nitrogens with zero attached hydrogens (tertiary/aromatic N) is 1. The number of anilines is 1. The van der Waals surface area contributed by atoms with Crippen molar-refractivity contribution >= 4 is 21.6 Å². The number of morpholine rings is 1. The van der Waals surface area contributed by atoms with Crippen LogP contribution in [0.2, 0.25) is 0 Å². The summed E-state index contributed by atoms with van der Waals surface area (Å²) in [6.45, 7) is 5.35. The minimum atomic E-state index is -3.61. The Labute approximate surface area is 172 Å². The Bertz CT molecular complexity index is 949. The van der Waals surface area contributed by atoms with E-state index >= 15 is 0 Å². The first-order valence-corrected chi connectivity index (χ1v) is 11.4. The Morgan fingerprint density at radius 2 is 1.72 bits per heavy atom. The molecule has 0 saturated carbocycles. The van der Waals surface area contributed by atoms with Gasteiger partial charge < -0.3 is 10.1 Å². The number of rotatable bonds is 7. The number of hydrogen-bond acceptors (Lipinski definition) is 4. The number of amides is 1. The minimum Gasteiger partial charge on any atom is -0.379 e. The number of carbonyl (C=O) groups excluding carboxylic acids is 1. The van der Waals surface area contributed by atoms with Crippen LogP contribution in [-0.2, 0) is 32.4 Å². The monoisotopic (exact) mass is 416 g/mol. The van der Waals surface area contributed by atoms with Crippen molar-refractivity contribution in [2.75, 3.05) is 31.6 Å². The summed E-state index contributed by atoms with van der Waals surface area (Å²) in [6.07, 6.45) is 1.97. The average Bonchev–Trinajstić information content (AvgIpc) is 2.74. The number of ether oxygens (including phenoxy) is 1. The molecule has 1 N–H and O–H groups in total. The molecule has 0 spiro atoms. The fourth-order valence-electron chi connectivity index (χ4n) is 3.30. The number of carbonyl (C=O) groups is 1. The van der Waals surface area contributed by atoms with Crippen molar-refractivity contribution in [3.05, 3.63) is 59.2 Å². The summed E-state index contributed by atoms with van der Waals surface area (Å²) in [5.74, 6) is -0.136. The van der Waals surface area contributed by atoms with Crippen LogP contribution in [0, 0.1) is 6.92 Å². The normalized spacial score (nSPS) is 15.2. The summed E-state index contributed by atoms with van der Waals surface area (Å²) in [4.78, 5) is 12.6. The maximum absolute atomic E-state index is 13.0. The number of aryl methyl sites for hydroxylation is 3. The first kappa shape index (κ1) is 21.5. The van der Waals surface area contributed by atoms with Crippen LogP contribution in [-0.4, -0.2) is 44.9 Å². The van der Waals surface area contributed by atoms with Gasteiger partial charge in [-0.2, -0.15) is 4.31 Å². The van der Waals surface area contributed by atoms with Crippen LogP contribution in [0.3, 0.4) is 0 Å². The molecule has 1 heterocycles. The molecule has 6 nitrogen and oxygen atoms in total. The lowest BCUT2D eigenvalue weighted by molar-refractivity contribution is -0.116. The molecule has 1 fully saturated rings. The van der Waals surface area contributed by atoms with Crippen LogP contribution in [0.4, 0.5) is 5.69 Å². The van der Waals surface area contributed by atoms with Crippen LogP contribution in [0.25, 0.3) is 0 Å². The summed E-state index contributed by atoms with van der Waals surface area (Å²) in [5.41, 5.74) is 3.53. The molecular formula is C22H28N2O4S. The van der Waals surface area contributed by atoms with Crippen molar-refractivity contribution < 1.29 is 17.9 Å². The standard InChI is InChI=1S/C22H28N2O4S/c1-3-18-5-7-19(8-6-18)9-11-22(25)23-20-10-4-17(2)21(16-20)29(26,27)24-12-14-28-15-13-24/h4-8,10,16H,3,9,11-15H2,1-2H3,(H,23,25). The summed E-state index contributed by atoms with van der Waals surface area (Å²) in [5, 5.41) is 2.83. The molecule has 2 aromatic carbocycles. The van der Waals surface area contributed by atoms with Crippen molar-refractivity contribution in [3.8, 4) is 0 Å². The lowest BCUT2D eigenvalue weighted by Gasteiger charge is -2.26. The smallest absolute Gasteiger partial charge is 0.243 e. The third kappa shape index (κ3) is 5.44. The predicted molar refractivity (Wildman–Crippen MR) is 114 cm³/mol. The van der Waals surface area contributed by atoms with Gasteiger partial charge in [-0.3, -0.25) is 4.79 Å². The number of sulfonamides is 1. The fraction of sp³-hybridized carbons (Fsp3) is 0.409. The molecule has 1 aliphatic heterocycles. The molecule has 29 heavy (non-hydrogen) atoms. The first-order chi connectivity index (χ1) is 13.9. The Hall–Kier alpha value is -2.22. The minimum absolute atomic E-state index is 0.136. The summed E-state index contributed by atoms with van der Waals surface area (Å²) in [6, 6.07) is 13.3. The van der Waals surface area contributed by atoms with Gasteiger partial charge in [0.2, 0.25) is 15.9 Å². The van der Waals surface area contributed by atoms with E-state index in [0.717, 1.165) is 12.0 Å². The molecule has 7 heteroatoms. The molecule has 0 unspecified atom stereocenters. The molecule has 0 aromatic heterocycles. The summed E-state index contributed by atoms with van der Waals surface area (Å²) >= 11 is 0. The van der Waals surface area contributed by atoms with Crippen molar-refractivity contribution in [3.63, 3.8) is 0 Å². The van der Waals surface area contributed by atoms with Gasteiger partial charge in [-0.1, -0.05) is 37.3 Å². The SMILES string of the molecule is CCc1ccc(CCC(=O)Nc2ccc(C)c(S(=O)(=O)N3CCOCC3)c2)cc1. The second-order valence-corrected chi connectivity index (χ2v) is 9.12. The van der Waals surface area contributed by atoms with Gasteiger partial charge in [0.1, 0.15) is 0 Å². The second-order valence-electron chi connectivity index (χ2n) is 7.21. The fourth-order valence-corrected chi connectivity index (χ4v) is 4.96. The quantitative estimate of drug-likeness (QED) is 0.752. The average molecular weight is 417 g/mol. The van der Waals surface area contributed by atoms with Crippen LogP contribution < -0.4 is 5.32 Å². The molecule has 0 aliphatic carbocycles. The highest BCUT2D eigenvalue weighted by atomic mass is 32.2. The molecule has 3 rings (SSSR count). The van der Waals surface area contributed by atoms with Gasteiger partial charge in [0.15, 0.2) is 0 Å². The summed E-state index contributed by atoms with van der Waals surface area (Å²) in [7, 11) is -3.61. The number of hydrogen-bond donors (Lipinski definition) is 1. The van der Waals surface area contributed by atoms with E-state index in [-0.39, 0.29) is 10.8 Å². The maximum atomic E-state index is 13.0.